The van der Waals surface area contributed by atoms with E-state index >= 15 is 0 Å². The molecular formula is C18H24N4O2S. The molecule has 3 heterocycles. The Kier molecular flexibility index (Phi) is 6.12. The van der Waals surface area contributed by atoms with Gasteiger partial charge in [-0.1, -0.05) is 6.07 Å². The van der Waals surface area contributed by atoms with Crippen molar-refractivity contribution in [3.63, 3.8) is 0 Å². The maximum Gasteiger partial charge on any atom is 0.242 e. The summed E-state index contributed by atoms with van der Waals surface area (Å²) in [5.74, 6) is 0.0138. The topological polar surface area (TPSA) is 67.4 Å². The van der Waals surface area contributed by atoms with Gasteiger partial charge in [-0.05, 0) is 25.5 Å². The van der Waals surface area contributed by atoms with Gasteiger partial charge < -0.3 is 10.1 Å². The number of morpholine rings is 1. The minimum atomic E-state index is -0.322. The first-order valence-corrected chi connectivity index (χ1v) is 9.39. The fourth-order valence-corrected chi connectivity index (χ4v) is 3.87. The summed E-state index contributed by atoms with van der Waals surface area (Å²) in [5.41, 5.74) is 2.00. The van der Waals surface area contributed by atoms with Gasteiger partial charge >= 0.3 is 0 Å². The maximum atomic E-state index is 12.9. The lowest BCUT2D eigenvalue weighted by Gasteiger charge is -2.33. The molecule has 0 spiro atoms. The Morgan fingerprint density at radius 3 is 2.84 bits per heavy atom. The van der Waals surface area contributed by atoms with Crippen molar-refractivity contribution in [3.8, 4) is 0 Å². The molecule has 1 atom stereocenters. The number of rotatable bonds is 6. The third kappa shape index (κ3) is 4.62. The first-order chi connectivity index (χ1) is 12.1. The van der Waals surface area contributed by atoms with Gasteiger partial charge in [0.15, 0.2) is 0 Å². The van der Waals surface area contributed by atoms with Crippen LogP contribution in [0.3, 0.4) is 0 Å². The summed E-state index contributed by atoms with van der Waals surface area (Å²) in [7, 11) is 0. The van der Waals surface area contributed by atoms with E-state index in [4.69, 9.17) is 4.74 Å². The number of carbonyl (C=O) groups excluding carboxylic acids is 1. The molecule has 134 valence electrons. The quantitative estimate of drug-likeness (QED) is 0.852. The van der Waals surface area contributed by atoms with Gasteiger partial charge in [0.1, 0.15) is 6.04 Å². The first-order valence-electron chi connectivity index (χ1n) is 8.57. The summed E-state index contributed by atoms with van der Waals surface area (Å²) in [5, 5.41) is 4.14. The summed E-state index contributed by atoms with van der Waals surface area (Å²) < 4.78 is 5.42. The van der Waals surface area contributed by atoms with Gasteiger partial charge in [-0.25, -0.2) is 4.98 Å². The van der Waals surface area contributed by atoms with Crippen molar-refractivity contribution in [2.45, 2.75) is 26.3 Å². The molecule has 1 fully saturated rings. The van der Waals surface area contributed by atoms with E-state index in [1.165, 1.54) is 4.88 Å². The standard InChI is InChI=1S/C18H24N4O2S/c1-13-14(2)25-16(21-13)5-7-20-18(23)17(15-4-3-6-19-12-15)22-8-10-24-11-9-22/h3-4,6,12,17H,5,7-11H2,1-2H3,(H,20,23)/t17-/m1/s1. The maximum absolute atomic E-state index is 12.9. The molecule has 0 bridgehead atoms. The predicted molar refractivity (Wildman–Crippen MR) is 97.7 cm³/mol. The lowest BCUT2D eigenvalue weighted by atomic mass is 10.1. The van der Waals surface area contributed by atoms with Crippen LogP contribution in [0.5, 0.6) is 0 Å². The van der Waals surface area contributed by atoms with E-state index in [1.54, 1.807) is 23.7 Å². The molecule has 0 aliphatic carbocycles. The normalized spacial score (nSPS) is 16.6. The number of nitrogens with zero attached hydrogens (tertiary/aromatic N) is 3. The molecule has 0 saturated carbocycles. The van der Waals surface area contributed by atoms with Gasteiger partial charge in [-0.2, -0.15) is 0 Å². The second kappa shape index (κ2) is 8.51. The van der Waals surface area contributed by atoms with Crippen molar-refractivity contribution in [3.05, 3.63) is 45.7 Å². The van der Waals surface area contributed by atoms with Crippen LogP contribution in [0.1, 0.15) is 27.2 Å². The predicted octanol–water partition coefficient (Wildman–Crippen LogP) is 1.89. The van der Waals surface area contributed by atoms with Crippen LogP contribution in [0, 0.1) is 13.8 Å². The van der Waals surface area contributed by atoms with Crippen LogP contribution in [0.15, 0.2) is 24.5 Å². The third-order valence-corrected chi connectivity index (χ3v) is 5.50. The fraction of sp³-hybridized carbons (Fsp3) is 0.500. The lowest BCUT2D eigenvalue weighted by Crippen LogP contribution is -2.46. The summed E-state index contributed by atoms with van der Waals surface area (Å²) >= 11 is 1.70. The largest absolute Gasteiger partial charge is 0.379 e. The van der Waals surface area contributed by atoms with Crippen molar-refractivity contribution >= 4 is 17.2 Å². The number of carbonyl (C=O) groups is 1. The molecule has 0 aromatic carbocycles. The fourth-order valence-electron chi connectivity index (χ4n) is 2.94. The van der Waals surface area contributed by atoms with Gasteiger partial charge in [0.2, 0.25) is 5.91 Å². The molecule has 0 unspecified atom stereocenters. The van der Waals surface area contributed by atoms with Crippen LogP contribution in [0.4, 0.5) is 0 Å². The molecule has 3 rings (SSSR count). The minimum absolute atomic E-state index is 0.0138. The lowest BCUT2D eigenvalue weighted by molar-refractivity contribution is -0.128. The molecule has 25 heavy (non-hydrogen) atoms. The molecule has 1 aliphatic rings. The number of aryl methyl sites for hydroxylation is 2. The van der Waals surface area contributed by atoms with Crippen molar-refractivity contribution in [1.29, 1.82) is 0 Å². The molecule has 2 aromatic rings. The molecular weight excluding hydrogens is 336 g/mol. The molecule has 6 nitrogen and oxygen atoms in total. The number of thiazole rings is 1. The van der Waals surface area contributed by atoms with Gasteiger partial charge in [-0.3, -0.25) is 14.7 Å². The number of aromatic nitrogens is 2. The van der Waals surface area contributed by atoms with E-state index in [9.17, 15) is 4.79 Å². The highest BCUT2D eigenvalue weighted by molar-refractivity contribution is 7.11. The molecule has 0 radical (unpaired) electrons. The Hall–Kier alpha value is -1.83. The number of hydrogen-bond donors (Lipinski definition) is 1. The van der Waals surface area contributed by atoms with Gasteiger partial charge in [-0.15, -0.1) is 11.3 Å². The molecule has 7 heteroatoms. The number of hydrogen-bond acceptors (Lipinski definition) is 6. The smallest absolute Gasteiger partial charge is 0.242 e. The average molecular weight is 360 g/mol. The highest BCUT2D eigenvalue weighted by Gasteiger charge is 2.29. The number of amides is 1. The zero-order valence-corrected chi connectivity index (χ0v) is 15.5. The van der Waals surface area contributed by atoms with Crippen LogP contribution in [-0.2, 0) is 16.0 Å². The van der Waals surface area contributed by atoms with Crippen LogP contribution in [0.2, 0.25) is 0 Å². The van der Waals surface area contributed by atoms with Crippen LogP contribution >= 0.6 is 11.3 Å². The van der Waals surface area contributed by atoms with E-state index in [1.807, 2.05) is 19.1 Å². The molecule has 1 N–H and O–H groups in total. The Balaban J connectivity index is 1.64. The van der Waals surface area contributed by atoms with Gasteiger partial charge in [0, 0.05) is 43.3 Å². The zero-order valence-electron chi connectivity index (χ0n) is 14.7. The van der Waals surface area contributed by atoms with Crippen molar-refractivity contribution < 1.29 is 9.53 Å². The highest BCUT2D eigenvalue weighted by Crippen LogP contribution is 2.21. The summed E-state index contributed by atoms with van der Waals surface area (Å²) in [6.07, 6.45) is 4.26. The first kappa shape index (κ1) is 18.0. The summed E-state index contributed by atoms with van der Waals surface area (Å²) in [6.45, 7) is 7.49. The van der Waals surface area contributed by atoms with Crippen molar-refractivity contribution in [2.75, 3.05) is 32.8 Å². The van der Waals surface area contributed by atoms with Gasteiger partial charge in [0.25, 0.3) is 0 Å². The van der Waals surface area contributed by atoms with E-state index in [2.05, 4.69) is 27.1 Å². The van der Waals surface area contributed by atoms with E-state index in [-0.39, 0.29) is 11.9 Å². The zero-order chi connectivity index (χ0) is 17.6. The SMILES string of the molecule is Cc1nc(CCNC(=O)[C@@H](c2cccnc2)N2CCOCC2)sc1C. The van der Waals surface area contributed by atoms with Crippen LogP contribution < -0.4 is 5.32 Å². The number of pyridine rings is 1. The average Bonchev–Trinajstić information content (AvgIpc) is 2.95. The van der Waals surface area contributed by atoms with Crippen LogP contribution in [0.25, 0.3) is 0 Å². The molecule has 2 aromatic heterocycles. The summed E-state index contributed by atoms with van der Waals surface area (Å²) in [4.78, 5) is 25.0. The minimum Gasteiger partial charge on any atom is -0.379 e. The van der Waals surface area contributed by atoms with Crippen molar-refractivity contribution in [2.24, 2.45) is 0 Å². The monoisotopic (exact) mass is 360 g/mol. The number of nitrogens with one attached hydrogen (secondary N) is 1. The Morgan fingerprint density at radius 2 is 2.20 bits per heavy atom. The van der Waals surface area contributed by atoms with Crippen LogP contribution in [-0.4, -0.2) is 53.6 Å². The number of ether oxygens (including phenoxy) is 1. The molecule has 1 saturated heterocycles. The van der Waals surface area contributed by atoms with Crippen molar-refractivity contribution in [1.82, 2.24) is 20.2 Å². The highest BCUT2D eigenvalue weighted by atomic mass is 32.1. The van der Waals surface area contributed by atoms with E-state index < -0.39 is 0 Å². The second-order valence-electron chi connectivity index (χ2n) is 6.13. The summed E-state index contributed by atoms with van der Waals surface area (Å²) in [6, 6.07) is 3.51. The molecule has 1 aliphatic heterocycles. The van der Waals surface area contributed by atoms with Gasteiger partial charge in [0.05, 0.1) is 23.9 Å². The third-order valence-electron chi connectivity index (χ3n) is 4.37. The van der Waals surface area contributed by atoms with E-state index in [0.29, 0.717) is 19.8 Å². The second-order valence-corrected chi connectivity index (χ2v) is 7.42. The molecule has 1 amide bonds. The van der Waals surface area contributed by atoms with E-state index in [0.717, 1.165) is 35.8 Å². The Bertz CT molecular complexity index is 679. The Morgan fingerprint density at radius 1 is 1.40 bits per heavy atom. The Labute approximate surface area is 152 Å².